The maximum Gasteiger partial charge on any atom is 0.115 e. The van der Waals surface area contributed by atoms with Gasteiger partial charge in [-0.2, -0.15) is 0 Å². The molecule has 0 saturated heterocycles. The Bertz CT molecular complexity index is 1340. The third-order valence-electron chi connectivity index (χ3n) is 5.52. The Morgan fingerprint density at radius 2 is 1.06 bits per heavy atom. The summed E-state index contributed by atoms with van der Waals surface area (Å²) < 4.78 is 1.88. The van der Waals surface area contributed by atoms with Gasteiger partial charge in [0, 0.05) is 27.2 Å². The summed E-state index contributed by atoms with van der Waals surface area (Å²) in [6, 6.07) is 43.6. The van der Waals surface area contributed by atoms with Gasteiger partial charge in [-0.05, 0) is 46.0 Å². The molecule has 32 heavy (non-hydrogen) atoms. The molecule has 0 aliphatic carbocycles. The first-order valence-corrected chi connectivity index (χ1v) is 10.4. The Labute approximate surface area is 203 Å². The third-order valence-corrected chi connectivity index (χ3v) is 5.52. The summed E-state index contributed by atoms with van der Waals surface area (Å²) in [4.78, 5) is 0. The topological polar surface area (TPSA) is 3.88 Å². The summed E-state index contributed by atoms with van der Waals surface area (Å²) in [6.07, 6.45) is 1.95. The minimum atomic E-state index is 0. The van der Waals surface area contributed by atoms with Crippen molar-refractivity contribution >= 4 is 0 Å². The minimum Gasteiger partial charge on any atom is -0.321 e. The molecule has 0 spiro atoms. The number of nitrogens with zero attached hydrogens (tertiary/aromatic N) is 1. The van der Waals surface area contributed by atoms with E-state index in [1.165, 1.54) is 33.4 Å². The second-order valence-corrected chi connectivity index (χ2v) is 7.57. The Morgan fingerprint density at radius 3 is 1.69 bits per heavy atom. The SMILES string of the molecule is [CH2-][n+]1ccccc1-c1[c-]ccc(-c2cccc(-c3cccc(-c4ccccc4)c3)c2)c1.[Ir]. The molecule has 5 aromatic rings. The summed E-state index contributed by atoms with van der Waals surface area (Å²) in [5, 5.41) is 0. The Hall–Kier alpha value is -3.45. The fraction of sp³-hybridized carbons (Fsp3) is 0. The largest absolute Gasteiger partial charge is 0.321 e. The van der Waals surface area contributed by atoms with Crippen LogP contribution in [0.2, 0.25) is 0 Å². The van der Waals surface area contributed by atoms with Gasteiger partial charge < -0.3 is 4.57 Å². The van der Waals surface area contributed by atoms with Crippen molar-refractivity contribution in [1.82, 2.24) is 0 Å². The molecule has 1 radical (unpaired) electrons. The average molecular weight is 589 g/mol. The second kappa shape index (κ2) is 9.78. The van der Waals surface area contributed by atoms with Crippen LogP contribution in [0.3, 0.4) is 0 Å². The molecule has 1 aromatic heterocycles. The molecule has 0 atom stereocenters. The average Bonchev–Trinajstić information content (AvgIpc) is 2.85. The number of pyridine rings is 1. The molecule has 0 fully saturated rings. The molecule has 0 saturated carbocycles. The van der Waals surface area contributed by atoms with E-state index in [4.69, 9.17) is 0 Å². The van der Waals surface area contributed by atoms with Gasteiger partial charge in [-0.25, -0.2) is 0 Å². The van der Waals surface area contributed by atoms with E-state index >= 15 is 0 Å². The third kappa shape index (κ3) is 4.57. The van der Waals surface area contributed by atoms with E-state index in [9.17, 15) is 0 Å². The van der Waals surface area contributed by atoms with Crippen LogP contribution in [0.4, 0.5) is 0 Å². The van der Waals surface area contributed by atoms with E-state index < -0.39 is 0 Å². The first-order valence-electron chi connectivity index (χ1n) is 10.4. The molecule has 1 heterocycles. The number of hydrogen-bond donors (Lipinski definition) is 0. The molecular formula is C30H22IrN-. The number of rotatable bonds is 4. The first kappa shape index (κ1) is 21.8. The van der Waals surface area contributed by atoms with Crippen molar-refractivity contribution in [3.8, 4) is 44.6 Å². The van der Waals surface area contributed by atoms with Gasteiger partial charge in [0.15, 0.2) is 0 Å². The molecule has 0 N–H and O–H groups in total. The monoisotopic (exact) mass is 589 g/mol. The minimum absolute atomic E-state index is 0. The van der Waals surface area contributed by atoms with Crippen molar-refractivity contribution in [2.45, 2.75) is 0 Å². The van der Waals surface area contributed by atoms with E-state index in [1.54, 1.807) is 0 Å². The summed E-state index contributed by atoms with van der Waals surface area (Å²) >= 11 is 0. The summed E-state index contributed by atoms with van der Waals surface area (Å²) in [6.45, 7) is 0. The van der Waals surface area contributed by atoms with Crippen LogP contribution in [0, 0.1) is 13.1 Å². The quantitative estimate of drug-likeness (QED) is 0.156. The predicted octanol–water partition coefficient (Wildman–Crippen LogP) is 7.08. The molecule has 0 unspecified atom stereocenters. The maximum absolute atomic E-state index is 4.08. The fourth-order valence-electron chi connectivity index (χ4n) is 3.90. The van der Waals surface area contributed by atoms with Gasteiger partial charge in [0.25, 0.3) is 0 Å². The number of benzene rings is 4. The van der Waals surface area contributed by atoms with E-state index in [0.29, 0.717) is 0 Å². The van der Waals surface area contributed by atoms with Crippen molar-refractivity contribution in [3.63, 3.8) is 0 Å². The zero-order valence-electron chi connectivity index (χ0n) is 17.5. The first-order chi connectivity index (χ1) is 15.3. The van der Waals surface area contributed by atoms with Crippen LogP contribution >= 0.6 is 0 Å². The smallest absolute Gasteiger partial charge is 0.115 e. The Kier molecular flexibility index (Phi) is 6.66. The predicted molar refractivity (Wildman–Crippen MR) is 128 cm³/mol. The molecule has 0 aliphatic heterocycles. The van der Waals surface area contributed by atoms with Gasteiger partial charge in [-0.1, -0.05) is 84.4 Å². The van der Waals surface area contributed by atoms with Crippen LogP contribution in [0.15, 0.2) is 121 Å². The molecule has 4 aromatic carbocycles. The van der Waals surface area contributed by atoms with E-state index in [-0.39, 0.29) is 20.1 Å². The van der Waals surface area contributed by atoms with Crippen molar-refractivity contribution < 1.29 is 24.7 Å². The van der Waals surface area contributed by atoms with Gasteiger partial charge in [-0.15, -0.1) is 29.8 Å². The van der Waals surface area contributed by atoms with E-state index in [2.05, 4.69) is 104 Å². The van der Waals surface area contributed by atoms with Crippen molar-refractivity contribution in [3.05, 3.63) is 135 Å². The maximum atomic E-state index is 4.08. The standard InChI is InChI=1S/C30H22N.Ir/c1-31-19-6-5-18-30(31)29-17-9-16-28(22-29)27-15-8-14-26(21-27)25-13-7-12-24(20-25)23-10-3-2-4-11-23;/h2-16,18-22H,1H2;/q-1;. The van der Waals surface area contributed by atoms with Crippen LogP contribution < -0.4 is 4.57 Å². The van der Waals surface area contributed by atoms with Crippen LogP contribution in [-0.2, 0) is 20.1 Å². The van der Waals surface area contributed by atoms with Crippen LogP contribution in [0.1, 0.15) is 0 Å². The van der Waals surface area contributed by atoms with E-state index in [0.717, 1.165) is 11.3 Å². The van der Waals surface area contributed by atoms with Gasteiger partial charge in [-0.3, -0.25) is 0 Å². The normalized spacial score (nSPS) is 10.4. The van der Waals surface area contributed by atoms with Crippen LogP contribution in [-0.4, -0.2) is 0 Å². The van der Waals surface area contributed by atoms with Gasteiger partial charge in [0.05, 0.1) is 6.20 Å². The second-order valence-electron chi connectivity index (χ2n) is 7.57. The summed E-state index contributed by atoms with van der Waals surface area (Å²) in [7, 11) is 4.08. The zero-order chi connectivity index (χ0) is 21.0. The zero-order valence-corrected chi connectivity index (χ0v) is 19.9. The number of aromatic nitrogens is 1. The fourth-order valence-corrected chi connectivity index (χ4v) is 3.90. The molecule has 157 valence electrons. The Morgan fingerprint density at radius 1 is 0.531 bits per heavy atom. The Balaban J connectivity index is 0.00000245. The summed E-state index contributed by atoms with van der Waals surface area (Å²) in [5.41, 5.74) is 9.29. The van der Waals surface area contributed by atoms with Crippen molar-refractivity contribution in [1.29, 1.82) is 0 Å². The molecule has 1 nitrogen and oxygen atoms in total. The molecule has 0 aliphatic rings. The van der Waals surface area contributed by atoms with Gasteiger partial charge in [0.2, 0.25) is 0 Å². The number of hydrogen-bond acceptors (Lipinski definition) is 0. The van der Waals surface area contributed by atoms with Crippen LogP contribution in [0.5, 0.6) is 0 Å². The van der Waals surface area contributed by atoms with Crippen LogP contribution in [0.25, 0.3) is 44.6 Å². The molecule has 0 bridgehead atoms. The van der Waals surface area contributed by atoms with E-state index in [1.807, 2.05) is 35.0 Å². The van der Waals surface area contributed by atoms with Gasteiger partial charge in [0.1, 0.15) is 5.69 Å². The summed E-state index contributed by atoms with van der Waals surface area (Å²) in [5.74, 6) is 0. The molecule has 5 rings (SSSR count). The molecule has 2 heteroatoms. The van der Waals surface area contributed by atoms with Crippen molar-refractivity contribution in [2.75, 3.05) is 0 Å². The molecule has 0 amide bonds. The van der Waals surface area contributed by atoms with Crippen molar-refractivity contribution in [2.24, 2.45) is 0 Å². The molecular weight excluding hydrogens is 567 g/mol. The van der Waals surface area contributed by atoms with Gasteiger partial charge >= 0.3 is 0 Å².